The number of carbonyl (C=O) groups excluding carboxylic acids is 1. The molecule has 0 aromatic rings. The maximum absolute atomic E-state index is 11.1. The molecule has 0 aromatic carbocycles. The molecule has 0 atom stereocenters. The van der Waals surface area contributed by atoms with Crippen molar-refractivity contribution in [3.05, 3.63) is 12.2 Å². The van der Waals surface area contributed by atoms with E-state index >= 15 is 0 Å². The highest BCUT2D eigenvalue weighted by atomic mass is 79.9. The quantitative estimate of drug-likeness (QED) is 0.137. The summed E-state index contributed by atoms with van der Waals surface area (Å²) < 4.78 is 5.67. The van der Waals surface area contributed by atoms with Gasteiger partial charge in [-0.3, -0.25) is 0 Å². The second-order valence-corrected chi connectivity index (χ2v) is 13.2. The number of alkyl halides is 2. The molecular weight excluding hydrogens is 400 g/mol. The minimum atomic E-state index is -0.261. The Morgan fingerprint density at radius 1 is 1.05 bits per heavy atom. The van der Waals surface area contributed by atoms with Gasteiger partial charge in [0.15, 0.2) is 0 Å². The molecule has 0 bridgehead atoms. The van der Waals surface area contributed by atoms with Crippen LogP contribution >= 0.6 is 31.9 Å². The van der Waals surface area contributed by atoms with Gasteiger partial charge in [0.1, 0.15) is 0 Å². The van der Waals surface area contributed by atoms with Gasteiger partial charge in [-0.15, -0.1) is 0 Å². The molecule has 0 aliphatic heterocycles. The van der Waals surface area contributed by atoms with Crippen LogP contribution in [0.15, 0.2) is 12.2 Å². The summed E-state index contributed by atoms with van der Waals surface area (Å²) in [5.41, 5.74) is 0.485. The van der Waals surface area contributed by atoms with Crippen LogP contribution in [0.4, 0.5) is 0 Å². The fourth-order valence-corrected chi connectivity index (χ4v) is 4.82. The second-order valence-electron chi connectivity index (χ2n) is 5.28. The van der Waals surface area contributed by atoms with Crippen LogP contribution in [0.1, 0.15) is 58.3 Å². The fourth-order valence-electron chi connectivity index (χ4n) is 1.93. The van der Waals surface area contributed by atoms with Crippen LogP contribution in [-0.4, -0.2) is 25.5 Å². The third-order valence-corrected chi connectivity index (χ3v) is 7.24. The molecule has 0 fully saturated rings. The molecule has 0 saturated heterocycles. The van der Waals surface area contributed by atoms with Crippen LogP contribution in [0.3, 0.4) is 0 Å². The average Bonchev–Trinajstić information content (AvgIpc) is 2.39. The normalized spacial score (nSPS) is 11.4. The standard InChI is InChI=1S/C15H28Br2O2Si/c1-13(2)14(18)19-11-9-7-5-3-4-6-8-10-12-20-15(16)17/h15H,1,3-12,20H2,2H3. The van der Waals surface area contributed by atoms with Gasteiger partial charge in [0.2, 0.25) is 0 Å². The maximum atomic E-state index is 11.1. The molecule has 0 saturated carbocycles. The molecule has 0 spiro atoms. The highest BCUT2D eigenvalue weighted by Crippen LogP contribution is 2.13. The van der Waals surface area contributed by atoms with Crippen molar-refractivity contribution in [2.45, 2.75) is 67.7 Å². The number of hydrogen-bond acceptors (Lipinski definition) is 2. The Hall–Kier alpha value is 0.387. The molecular formula is C15H28Br2O2Si. The smallest absolute Gasteiger partial charge is 0.333 e. The molecule has 0 amide bonds. The van der Waals surface area contributed by atoms with E-state index in [1.165, 1.54) is 44.6 Å². The number of rotatable bonds is 13. The first kappa shape index (κ1) is 20.4. The Kier molecular flexibility index (Phi) is 14.6. The molecule has 0 aliphatic rings. The van der Waals surface area contributed by atoms with E-state index in [1.807, 2.05) is 0 Å². The zero-order chi connectivity index (χ0) is 15.2. The van der Waals surface area contributed by atoms with E-state index in [1.54, 1.807) is 6.92 Å². The predicted molar refractivity (Wildman–Crippen MR) is 97.7 cm³/mol. The minimum absolute atomic E-state index is 0.0655. The first-order valence-electron chi connectivity index (χ1n) is 7.65. The number of ether oxygens (including phenoxy) is 1. The number of carbonyl (C=O) groups is 1. The molecule has 0 aliphatic carbocycles. The van der Waals surface area contributed by atoms with Gasteiger partial charge < -0.3 is 4.74 Å². The Bertz CT molecular complexity index is 271. The van der Waals surface area contributed by atoms with Crippen LogP contribution < -0.4 is 0 Å². The second kappa shape index (κ2) is 14.3. The van der Waals surface area contributed by atoms with Crippen LogP contribution in [0.25, 0.3) is 0 Å². The zero-order valence-corrected chi connectivity index (χ0v) is 17.2. The molecule has 0 rings (SSSR count). The van der Waals surface area contributed by atoms with Crippen molar-refractivity contribution < 1.29 is 9.53 Å². The SMILES string of the molecule is C=C(C)C(=O)OCCCCCCCCCC[SiH2]C(Br)Br. The monoisotopic (exact) mass is 426 g/mol. The topological polar surface area (TPSA) is 26.3 Å². The summed E-state index contributed by atoms with van der Waals surface area (Å²) in [4.78, 5) is 11.1. The van der Waals surface area contributed by atoms with Crippen molar-refractivity contribution in [1.29, 1.82) is 0 Å². The van der Waals surface area contributed by atoms with Crippen molar-refractivity contribution >= 4 is 47.3 Å². The summed E-state index contributed by atoms with van der Waals surface area (Å²) in [6.07, 6.45) is 10.2. The predicted octanol–water partition coefficient (Wildman–Crippen LogP) is 4.89. The van der Waals surface area contributed by atoms with Gasteiger partial charge >= 0.3 is 5.97 Å². The number of hydrogen-bond donors (Lipinski definition) is 0. The van der Waals surface area contributed by atoms with Crippen LogP contribution in [-0.2, 0) is 9.53 Å². The van der Waals surface area contributed by atoms with Crippen molar-refractivity contribution in [3.63, 3.8) is 0 Å². The number of halogens is 2. The molecule has 0 N–H and O–H groups in total. The zero-order valence-electron chi connectivity index (χ0n) is 12.6. The van der Waals surface area contributed by atoms with Crippen LogP contribution in [0.5, 0.6) is 0 Å². The van der Waals surface area contributed by atoms with Gasteiger partial charge in [-0.2, -0.15) is 0 Å². The lowest BCUT2D eigenvalue weighted by Crippen LogP contribution is -2.05. The third kappa shape index (κ3) is 14.8. The van der Waals surface area contributed by atoms with Gasteiger partial charge in [0.25, 0.3) is 0 Å². The Labute approximate surface area is 143 Å². The third-order valence-electron chi connectivity index (χ3n) is 3.15. The molecule has 20 heavy (non-hydrogen) atoms. The Morgan fingerprint density at radius 2 is 1.55 bits per heavy atom. The summed E-state index contributed by atoms with van der Waals surface area (Å²) in [5, 5.41) is 0. The molecule has 5 heteroatoms. The van der Waals surface area contributed by atoms with E-state index in [-0.39, 0.29) is 15.5 Å². The van der Waals surface area contributed by atoms with E-state index in [0.717, 1.165) is 12.8 Å². The van der Waals surface area contributed by atoms with E-state index in [2.05, 4.69) is 38.4 Å². The van der Waals surface area contributed by atoms with Gasteiger partial charge in [0, 0.05) is 15.1 Å². The van der Waals surface area contributed by atoms with E-state index < -0.39 is 0 Å². The van der Waals surface area contributed by atoms with E-state index in [4.69, 9.17) is 4.74 Å². The largest absolute Gasteiger partial charge is 0.462 e. The summed E-state index contributed by atoms with van der Waals surface area (Å²) >= 11 is 7.11. The Morgan fingerprint density at radius 3 is 2.05 bits per heavy atom. The lowest BCUT2D eigenvalue weighted by molar-refractivity contribution is -0.139. The molecule has 0 radical (unpaired) electrons. The maximum Gasteiger partial charge on any atom is 0.333 e. The molecule has 0 heterocycles. The van der Waals surface area contributed by atoms with E-state index in [0.29, 0.717) is 15.5 Å². The van der Waals surface area contributed by atoms with Crippen molar-refractivity contribution in [2.24, 2.45) is 0 Å². The van der Waals surface area contributed by atoms with Crippen molar-refractivity contribution in [1.82, 2.24) is 0 Å². The molecule has 0 unspecified atom stereocenters. The molecule has 0 aromatic heterocycles. The van der Waals surface area contributed by atoms with Gasteiger partial charge in [-0.25, -0.2) is 4.79 Å². The van der Waals surface area contributed by atoms with Crippen LogP contribution in [0, 0.1) is 0 Å². The lowest BCUT2D eigenvalue weighted by atomic mass is 10.1. The summed E-state index contributed by atoms with van der Waals surface area (Å²) in [6.45, 7) is 5.78. The summed E-state index contributed by atoms with van der Waals surface area (Å²) in [5.74, 6) is -0.261. The first-order chi connectivity index (χ1) is 9.54. The molecule has 2 nitrogen and oxygen atoms in total. The van der Waals surface area contributed by atoms with Gasteiger partial charge in [-0.1, -0.05) is 89.4 Å². The number of unbranched alkanes of at least 4 members (excludes halogenated alkanes) is 7. The van der Waals surface area contributed by atoms with E-state index in [9.17, 15) is 4.79 Å². The van der Waals surface area contributed by atoms with Crippen LogP contribution in [0.2, 0.25) is 6.04 Å². The highest BCUT2D eigenvalue weighted by Gasteiger charge is 2.01. The number of esters is 1. The fraction of sp³-hybridized carbons (Fsp3) is 0.800. The van der Waals surface area contributed by atoms with Crippen molar-refractivity contribution in [3.8, 4) is 0 Å². The summed E-state index contributed by atoms with van der Waals surface area (Å²) in [6, 6.07) is 1.44. The lowest BCUT2D eigenvalue weighted by Gasteiger charge is -2.04. The van der Waals surface area contributed by atoms with Crippen molar-refractivity contribution in [2.75, 3.05) is 6.61 Å². The first-order valence-corrected chi connectivity index (χ1v) is 11.3. The average molecular weight is 428 g/mol. The Balaban J connectivity index is 3.10. The van der Waals surface area contributed by atoms with Gasteiger partial charge in [0.05, 0.1) is 9.97 Å². The highest BCUT2D eigenvalue weighted by molar-refractivity contribution is 9.25. The van der Waals surface area contributed by atoms with Gasteiger partial charge in [-0.05, 0) is 13.3 Å². The summed E-state index contributed by atoms with van der Waals surface area (Å²) in [7, 11) is 0.0655. The minimum Gasteiger partial charge on any atom is -0.462 e. The molecule has 118 valence electrons.